The fourth-order valence-electron chi connectivity index (χ4n) is 3.05. The second-order valence-corrected chi connectivity index (χ2v) is 7.96. The maximum absolute atomic E-state index is 12.1. The quantitative estimate of drug-likeness (QED) is 0.443. The van der Waals surface area contributed by atoms with Crippen molar-refractivity contribution in [2.45, 2.75) is 56.4 Å². The fourth-order valence-corrected chi connectivity index (χ4v) is 3.53. The second kappa shape index (κ2) is 7.21. The maximum Gasteiger partial charge on any atom is 0.314 e. The number of aliphatic hydroxyl groups is 1. The van der Waals surface area contributed by atoms with Gasteiger partial charge in [0.2, 0.25) is 0 Å². The molecule has 1 fully saturated rings. The molecule has 0 unspecified atom stereocenters. The van der Waals surface area contributed by atoms with Crippen LogP contribution in [0, 0.1) is 11.8 Å². The minimum atomic E-state index is -4.25. The smallest absolute Gasteiger partial charge is 0.314 e. The first-order valence-corrected chi connectivity index (χ1v) is 9.62. The summed E-state index contributed by atoms with van der Waals surface area (Å²) in [4.78, 5) is 11.8. The first-order valence-electron chi connectivity index (χ1n) is 8.18. The molecule has 134 valence electrons. The van der Waals surface area contributed by atoms with E-state index < -0.39 is 15.7 Å². The van der Waals surface area contributed by atoms with Gasteiger partial charge in [-0.2, -0.15) is 8.42 Å². The summed E-state index contributed by atoms with van der Waals surface area (Å²) >= 11 is 0. The van der Waals surface area contributed by atoms with Gasteiger partial charge in [0.15, 0.2) is 0 Å². The molecule has 2 N–H and O–H groups in total. The van der Waals surface area contributed by atoms with Crippen molar-refractivity contribution >= 4 is 16.1 Å². The van der Waals surface area contributed by atoms with Gasteiger partial charge in [0.25, 0.3) is 10.1 Å². The van der Waals surface area contributed by atoms with Crippen molar-refractivity contribution in [1.29, 1.82) is 0 Å². The average molecular weight is 356 g/mol. The van der Waals surface area contributed by atoms with Gasteiger partial charge in [-0.25, -0.2) is 0 Å². The van der Waals surface area contributed by atoms with E-state index in [1.54, 1.807) is 0 Å². The van der Waals surface area contributed by atoms with E-state index in [1.807, 2.05) is 13.8 Å². The molecule has 0 aromatic heterocycles. The first-order chi connectivity index (χ1) is 11.2. The van der Waals surface area contributed by atoms with Crippen LogP contribution in [0.2, 0.25) is 0 Å². The third-order valence-corrected chi connectivity index (χ3v) is 5.76. The van der Waals surface area contributed by atoms with Crippen LogP contribution in [0.25, 0.3) is 0 Å². The van der Waals surface area contributed by atoms with Crippen LogP contribution in [-0.2, 0) is 14.9 Å². The molecule has 1 aromatic carbocycles. The zero-order valence-corrected chi connectivity index (χ0v) is 14.8. The lowest BCUT2D eigenvalue weighted by molar-refractivity contribution is -0.144. The van der Waals surface area contributed by atoms with Crippen molar-refractivity contribution in [3.8, 4) is 5.75 Å². The molecule has 0 aliphatic heterocycles. The molecule has 6 nitrogen and oxygen atoms in total. The highest BCUT2D eigenvalue weighted by Gasteiger charge is 2.39. The van der Waals surface area contributed by atoms with E-state index in [9.17, 15) is 18.3 Å². The van der Waals surface area contributed by atoms with Crippen molar-refractivity contribution in [1.82, 2.24) is 0 Å². The van der Waals surface area contributed by atoms with E-state index in [4.69, 9.17) is 9.29 Å². The van der Waals surface area contributed by atoms with Crippen LogP contribution >= 0.6 is 0 Å². The predicted molar refractivity (Wildman–Crippen MR) is 88.3 cm³/mol. The summed E-state index contributed by atoms with van der Waals surface area (Å²) in [5.74, 6) is 0.0421. The van der Waals surface area contributed by atoms with E-state index in [1.165, 1.54) is 24.3 Å². The van der Waals surface area contributed by atoms with E-state index in [2.05, 4.69) is 0 Å². The summed E-state index contributed by atoms with van der Waals surface area (Å²) in [5, 5.41) is 10.3. The minimum absolute atomic E-state index is 0.186. The van der Waals surface area contributed by atoms with Gasteiger partial charge in [-0.3, -0.25) is 9.35 Å². The number of ether oxygens (including phenoxy) is 1. The summed E-state index contributed by atoms with van der Waals surface area (Å²) in [6.45, 7) is 3.92. The van der Waals surface area contributed by atoms with Gasteiger partial charge in [-0.15, -0.1) is 0 Å². The number of hydrogen-bond acceptors (Lipinski definition) is 5. The monoisotopic (exact) mass is 356 g/mol. The van der Waals surface area contributed by atoms with Crippen LogP contribution in [0.15, 0.2) is 29.2 Å². The standard InChI is InChI=1S/C17H24O6S/c1-3-17(19,4-2)11-12-9-13(10-12)16(18)23-14-5-7-15(8-6-14)24(20,21)22/h5-8,12-13,19H,3-4,9-11H2,1-2H3,(H,20,21,22). The summed E-state index contributed by atoms with van der Waals surface area (Å²) in [6, 6.07) is 5.04. The van der Waals surface area contributed by atoms with Crippen molar-refractivity contribution in [3.63, 3.8) is 0 Å². The Labute approximate surface area is 142 Å². The molecular weight excluding hydrogens is 332 g/mol. The zero-order chi connectivity index (χ0) is 18.0. The van der Waals surface area contributed by atoms with E-state index in [0.717, 1.165) is 0 Å². The number of rotatable bonds is 7. The highest BCUT2D eigenvalue weighted by atomic mass is 32.2. The van der Waals surface area contributed by atoms with Gasteiger partial charge in [0, 0.05) is 0 Å². The van der Waals surface area contributed by atoms with E-state index >= 15 is 0 Å². The van der Waals surface area contributed by atoms with Crippen LogP contribution < -0.4 is 4.74 Å². The Balaban J connectivity index is 1.85. The first kappa shape index (κ1) is 18.9. The average Bonchev–Trinajstić information content (AvgIpc) is 2.49. The van der Waals surface area contributed by atoms with Crippen molar-refractivity contribution in [2.75, 3.05) is 0 Å². The number of carbonyl (C=O) groups is 1. The SMILES string of the molecule is CCC(O)(CC)CC1CC(C(=O)Oc2ccc(S(=O)(=O)O)cc2)C1. The van der Waals surface area contributed by atoms with Crippen LogP contribution in [0.4, 0.5) is 0 Å². The summed E-state index contributed by atoms with van der Waals surface area (Å²) in [5.41, 5.74) is -0.648. The molecule has 2 rings (SSSR count). The normalized spacial score (nSPS) is 21.2. The fraction of sp³-hybridized carbons (Fsp3) is 0.588. The Morgan fingerprint density at radius 1 is 1.21 bits per heavy atom. The molecule has 1 aliphatic rings. The third kappa shape index (κ3) is 4.55. The Kier molecular flexibility index (Phi) is 5.67. The molecule has 0 bridgehead atoms. The lowest BCUT2D eigenvalue weighted by Crippen LogP contribution is -2.39. The van der Waals surface area contributed by atoms with Gasteiger partial charge in [0.05, 0.1) is 16.4 Å². The molecule has 0 radical (unpaired) electrons. The molecule has 0 amide bonds. The van der Waals surface area contributed by atoms with Gasteiger partial charge >= 0.3 is 5.97 Å². The number of hydrogen-bond donors (Lipinski definition) is 2. The largest absolute Gasteiger partial charge is 0.426 e. The van der Waals surface area contributed by atoms with Gasteiger partial charge < -0.3 is 9.84 Å². The highest BCUT2D eigenvalue weighted by Crippen LogP contribution is 2.41. The Hall–Kier alpha value is -1.44. The molecule has 1 aliphatic carbocycles. The highest BCUT2D eigenvalue weighted by molar-refractivity contribution is 7.85. The summed E-state index contributed by atoms with van der Waals surface area (Å²) < 4.78 is 36.1. The molecule has 1 saturated carbocycles. The third-order valence-electron chi connectivity index (χ3n) is 4.89. The van der Waals surface area contributed by atoms with Crippen LogP contribution in [0.1, 0.15) is 46.0 Å². The molecule has 0 atom stereocenters. The Bertz CT molecular complexity index is 670. The van der Waals surface area contributed by atoms with Crippen molar-refractivity contribution in [3.05, 3.63) is 24.3 Å². The summed E-state index contributed by atoms with van der Waals surface area (Å²) in [7, 11) is -4.25. The zero-order valence-electron chi connectivity index (χ0n) is 13.9. The number of benzene rings is 1. The number of carbonyl (C=O) groups excluding carboxylic acids is 1. The minimum Gasteiger partial charge on any atom is -0.426 e. The topological polar surface area (TPSA) is 101 Å². The van der Waals surface area contributed by atoms with Crippen LogP contribution in [0.5, 0.6) is 5.75 Å². The Morgan fingerprint density at radius 3 is 2.21 bits per heavy atom. The summed E-state index contributed by atoms with van der Waals surface area (Å²) in [6.07, 6.45) is 3.51. The maximum atomic E-state index is 12.1. The Morgan fingerprint density at radius 2 is 1.75 bits per heavy atom. The van der Waals surface area contributed by atoms with Gasteiger partial charge in [-0.05, 0) is 62.3 Å². The lowest BCUT2D eigenvalue weighted by Gasteiger charge is -2.38. The van der Waals surface area contributed by atoms with Crippen LogP contribution in [0.3, 0.4) is 0 Å². The van der Waals surface area contributed by atoms with Gasteiger partial charge in [-0.1, -0.05) is 13.8 Å². The van der Waals surface area contributed by atoms with E-state index in [-0.39, 0.29) is 22.5 Å². The van der Waals surface area contributed by atoms with Crippen molar-refractivity contribution in [2.24, 2.45) is 11.8 Å². The molecule has 1 aromatic rings. The molecule has 0 heterocycles. The molecule has 0 saturated heterocycles. The lowest BCUT2D eigenvalue weighted by atomic mass is 9.69. The molecule has 7 heteroatoms. The van der Waals surface area contributed by atoms with Crippen LogP contribution in [-0.4, -0.2) is 29.6 Å². The predicted octanol–water partition coefficient (Wildman–Crippen LogP) is 2.81. The van der Waals surface area contributed by atoms with Crippen molar-refractivity contribution < 1.29 is 27.6 Å². The van der Waals surface area contributed by atoms with Gasteiger partial charge in [0.1, 0.15) is 5.75 Å². The second-order valence-electron chi connectivity index (χ2n) is 6.54. The molecule has 24 heavy (non-hydrogen) atoms. The van der Waals surface area contributed by atoms with E-state index in [0.29, 0.717) is 38.0 Å². The number of esters is 1. The molecule has 0 spiro atoms. The molecular formula is C17H24O6S.